The van der Waals surface area contributed by atoms with E-state index in [1.807, 2.05) is 66.7 Å². The molecular formula is C28H19N3O. The number of para-hydroxylation sites is 1. The molecule has 0 spiro atoms. The molecule has 4 aromatic carbocycles. The minimum Gasteiger partial charge on any atom is -0.456 e. The van der Waals surface area contributed by atoms with Gasteiger partial charge in [0.1, 0.15) is 11.2 Å². The molecule has 4 heteroatoms. The van der Waals surface area contributed by atoms with Crippen molar-refractivity contribution in [2.24, 2.45) is 0 Å². The van der Waals surface area contributed by atoms with E-state index in [4.69, 9.17) is 19.4 Å². The summed E-state index contributed by atoms with van der Waals surface area (Å²) in [6.45, 7) is 2.07. The van der Waals surface area contributed by atoms with Gasteiger partial charge in [0.15, 0.2) is 17.5 Å². The highest BCUT2D eigenvalue weighted by molar-refractivity contribution is 6.06. The van der Waals surface area contributed by atoms with Crippen LogP contribution in [0.3, 0.4) is 0 Å². The molecule has 2 heterocycles. The smallest absolute Gasteiger partial charge is 0.164 e. The lowest BCUT2D eigenvalue weighted by Gasteiger charge is -2.08. The summed E-state index contributed by atoms with van der Waals surface area (Å²) in [5.74, 6) is 1.92. The molecule has 2 aromatic heterocycles. The van der Waals surface area contributed by atoms with E-state index in [1.54, 1.807) is 0 Å². The first-order valence-corrected chi connectivity index (χ1v) is 10.6. The highest BCUT2D eigenvalue weighted by Crippen LogP contribution is 2.33. The summed E-state index contributed by atoms with van der Waals surface area (Å²) in [5.41, 5.74) is 5.67. The first kappa shape index (κ1) is 18.5. The van der Waals surface area contributed by atoms with Crippen molar-refractivity contribution in [1.29, 1.82) is 0 Å². The SMILES string of the molecule is Cc1cccc2c1oc1cc(-c3nc(-c4ccccc4)nc(-c4ccccc4)n3)ccc12. The molecule has 6 aromatic rings. The van der Waals surface area contributed by atoms with Gasteiger partial charge in [0.2, 0.25) is 0 Å². The second-order valence-electron chi connectivity index (χ2n) is 7.80. The molecule has 0 fully saturated rings. The molecule has 0 bridgehead atoms. The number of aryl methyl sites for hydroxylation is 1. The lowest BCUT2D eigenvalue weighted by atomic mass is 10.1. The minimum atomic E-state index is 0.622. The summed E-state index contributed by atoms with van der Waals surface area (Å²) in [6, 6.07) is 32.4. The van der Waals surface area contributed by atoms with Crippen molar-refractivity contribution in [3.05, 3.63) is 103 Å². The second kappa shape index (κ2) is 7.43. The number of hydrogen-bond donors (Lipinski definition) is 0. The van der Waals surface area contributed by atoms with Crippen molar-refractivity contribution in [1.82, 2.24) is 15.0 Å². The van der Waals surface area contributed by atoms with Crippen molar-refractivity contribution in [2.75, 3.05) is 0 Å². The molecule has 0 aliphatic rings. The Hall–Kier alpha value is -4.31. The maximum atomic E-state index is 6.20. The molecule has 0 saturated heterocycles. The molecular weight excluding hydrogens is 394 g/mol. The summed E-state index contributed by atoms with van der Waals surface area (Å²) in [5, 5.41) is 2.21. The van der Waals surface area contributed by atoms with Crippen LogP contribution in [0.25, 0.3) is 56.1 Å². The van der Waals surface area contributed by atoms with Crippen molar-refractivity contribution < 1.29 is 4.42 Å². The summed E-state index contributed by atoms with van der Waals surface area (Å²) in [4.78, 5) is 14.4. The number of benzene rings is 4. The highest BCUT2D eigenvalue weighted by Gasteiger charge is 2.14. The lowest BCUT2D eigenvalue weighted by Crippen LogP contribution is -2.00. The Bertz CT molecular complexity index is 1510. The lowest BCUT2D eigenvalue weighted by molar-refractivity contribution is 0.666. The van der Waals surface area contributed by atoms with Gasteiger partial charge in [0, 0.05) is 27.5 Å². The molecule has 0 radical (unpaired) electrons. The molecule has 0 saturated carbocycles. The van der Waals surface area contributed by atoms with Gasteiger partial charge in [0.25, 0.3) is 0 Å². The molecule has 0 aliphatic heterocycles. The number of hydrogen-bond acceptors (Lipinski definition) is 4. The second-order valence-corrected chi connectivity index (χ2v) is 7.80. The Morgan fingerprint density at radius 1 is 0.531 bits per heavy atom. The summed E-state index contributed by atoms with van der Waals surface area (Å²) < 4.78 is 6.20. The molecule has 32 heavy (non-hydrogen) atoms. The van der Waals surface area contributed by atoms with E-state index in [0.29, 0.717) is 17.5 Å². The maximum Gasteiger partial charge on any atom is 0.164 e. The Morgan fingerprint density at radius 2 is 1.12 bits per heavy atom. The van der Waals surface area contributed by atoms with Crippen molar-refractivity contribution in [2.45, 2.75) is 6.92 Å². The number of furan rings is 1. The van der Waals surface area contributed by atoms with Crippen LogP contribution in [0.1, 0.15) is 5.56 Å². The highest BCUT2D eigenvalue weighted by atomic mass is 16.3. The zero-order valence-corrected chi connectivity index (χ0v) is 17.5. The Kier molecular flexibility index (Phi) is 4.29. The summed E-state index contributed by atoms with van der Waals surface area (Å²) in [7, 11) is 0. The zero-order valence-electron chi connectivity index (χ0n) is 17.5. The van der Waals surface area contributed by atoms with Crippen LogP contribution in [0.4, 0.5) is 0 Å². The van der Waals surface area contributed by atoms with E-state index < -0.39 is 0 Å². The average Bonchev–Trinajstić information content (AvgIpc) is 3.24. The molecule has 0 atom stereocenters. The molecule has 152 valence electrons. The minimum absolute atomic E-state index is 0.622. The normalized spacial score (nSPS) is 11.3. The van der Waals surface area contributed by atoms with E-state index >= 15 is 0 Å². The quantitative estimate of drug-likeness (QED) is 0.311. The van der Waals surface area contributed by atoms with Crippen LogP contribution < -0.4 is 0 Å². The monoisotopic (exact) mass is 413 g/mol. The molecule has 0 aliphatic carbocycles. The van der Waals surface area contributed by atoms with Crippen LogP contribution in [0, 0.1) is 6.92 Å². The maximum absolute atomic E-state index is 6.20. The van der Waals surface area contributed by atoms with Gasteiger partial charge >= 0.3 is 0 Å². The van der Waals surface area contributed by atoms with Gasteiger partial charge < -0.3 is 4.42 Å². The fourth-order valence-corrected chi connectivity index (χ4v) is 4.02. The Morgan fingerprint density at radius 3 is 1.75 bits per heavy atom. The van der Waals surface area contributed by atoms with Gasteiger partial charge in [-0.2, -0.15) is 0 Å². The van der Waals surface area contributed by atoms with E-state index in [2.05, 4.69) is 37.3 Å². The standard InChI is InChI=1S/C28H19N3O/c1-18-9-8-14-23-22-16-15-21(17-24(22)32-25(18)23)28-30-26(19-10-4-2-5-11-19)29-27(31-28)20-12-6-3-7-13-20/h2-17H,1H3. The zero-order chi connectivity index (χ0) is 21.5. The predicted octanol–water partition coefficient (Wildman–Crippen LogP) is 7.08. The van der Waals surface area contributed by atoms with Crippen LogP contribution in [0.15, 0.2) is 101 Å². The fraction of sp³-hybridized carbons (Fsp3) is 0.0357. The van der Waals surface area contributed by atoms with Crippen LogP contribution >= 0.6 is 0 Å². The third-order valence-electron chi connectivity index (χ3n) is 5.65. The molecule has 0 N–H and O–H groups in total. The van der Waals surface area contributed by atoms with Crippen LogP contribution in [-0.2, 0) is 0 Å². The van der Waals surface area contributed by atoms with Gasteiger partial charge in [-0.05, 0) is 24.6 Å². The van der Waals surface area contributed by atoms with Gasteiger partial charge in [-0.15, -0.1) is 0 Å². The van der Waals surface area contributed by atoms with Gasteiger partial charge in [-0.25, -0.2) is 15.0 Å². The molecule has 0 amide bonds. The van der Waals surface area contributed by atoms with E-state index in [9.17, 15) is 0 Å². The number of rotatable bonds is 3. The largest absolute Gasteiger partial charge is 0.456 e. The van der Waals surface area contributed by atoms with Gasteiger partial charge in [0.05, 0.1) is 0 Å². The number of fused-ring (bicyclic) bond motifs is 3. The van der Waals surface area contributed by atoms with Crippen molar-refractivity contribution in [3.8, 4) is 34.2 Å². The van der Waals surface area contributed by atoms with Crippen LogP contribution in [-0.4, -0.2) is 15.0 Å². The third-order valence-corrected chi connectivity index (χ3v) is 5.65. The van der Waals surface area contributed by atoms with E-state index in [-0.39, 0.29) is 0 Å². The van der Waals surface area contributed by atoms with E-state index in [1.165, 1.54) is 0 Å². The third kappa shape index (κ3) is 3.13. The van der Waals surface area contributed by atoms with Crippen molar-refractivity contribution in [3.63, 3.8) is 0 Å². The Balaban J connectivity index is 1.56. The van der Waals surface area contributed by atoms with Crippen LogP contribution in [0.5, 0.6) is 0 Å². The van der Waals surface area contributed by atoms with E-state index in [0.717, 1.165) is 44.2 Å². The topological polar surface area (TPSA) is 51.8 Å². The molecule has 4 nitrogen and oxygen atoms in total. The molecule has 0 unspecified atom stereocenters. The van der Waals surface area contributed by atoms with Crippen molar-refractivity contribution >= 4 is 21.9 Å². The molecule has 6 rings (SSSR count). The van der Waals surface area contributed by atoms with Gasteiger partial charge in [-0.1, -0.05) is 84.9 Å². The summed E-state index contributed by atoms with van der Waals surface area (Å²) >= 11 is 0. The fourth-order valence-electron chi connectivity index (χ4n) is 4.02. The van der Waals surface area contributed by atoms with Gasteiger partial charge in [-0.3, -0.25) is 0 Å². The first-order valence-electron chi connectivity index (χ1n) is 10.6. The average molecular weight is 413 g/mol. The Labute approximate surface area is 185 Å². The predicted molar refractivity (Wildman–Crippen MR) is 128 cm³/mol. The number of nitrogens with zero attached hydrogens (tertiary/aromatic N) is 3. The first-order chi connectivity index (χ1) is 15.8. The number of aromatic nitrogens is 3. The summed E-state index contributed by atoms with van der Waals surface area (Å²) in [6.07, 6.45) is 0. The van der Waals surface area contributed by atoms with Crippen LogP contribution in [0.2, 0.25) is 0 Å².